The lowest BCUT2D eigenvalue weighted by Gasteiger charge is -2.09. The third kappa shape index (κ3) is 4.05. The van der Waals surface area contributed by atoms with Crippen LogP contribution in [0.3, 0.4) is 0 Å². The van der Waals surface area contributed by atoms with E-state index in [0.717, 1.165) is 26.1 Å². The minimum atomic E-state index is 1.06. The zero-order valence-electron chi connectivity index (χ0n) is 11.0. The number of fused-ring (bicyclic) bond motifs is 1. The van der Waals surface area contributed by atoms with Gasteiger partial charge in [-0.3, -0.25) is 0 Å². The van der Waals surface area contributed by atoms with Crippen molar-refractivity contribution in [1.82, 2.24) is 15.2 Å². The van der Waals surface area contributed by atoms with Gasteiger partial charge in [-0.05, 0) is 39.8 Å². The molecule has 1 aliphatic carbocycles. The van der Waals surface area contributed by atoms with E-state index >= 15 is 0 Å². The fourth-order valence-corrected chi connectivity index (χ4v) is 3.29. The Morgan fingerprint density at radius 3 is 2.82 bits per heavy atom. The van der Waals surface area contributed by atoms with Crippen LogP contribution in [0.5, 0.6) is 0 Å². The van der Waals surface area contributed by atoms with Crippen molar-refractivity contribution in [3.05, 3.63) is 15.6 Å². The molecule has 0 radical (unpaired) electrons. The summed E-state index contributed by atoms with van der Waals surface area (Å²) < 4.78 is 0. The van der Waals surface area contributed by atoms with Gasteiger partial charge in [-0.15, -0.1) is 11.3 Å². The van der Waals surface area contributed by atoms with Crippen LogP contribution in [0.4, 0.5) is 0 Å². The molecule has 4 heteroatoms. The molecule has 1 aromatic rings. The van der Waals surface area contributed by atoms with Crippen molar-refractivity contribution in [3.63, 3.8) is 0 Å². The van der Waals surface area contributed by atoms with Crippen LogP contribution in [-0.2, 0) is 19.3 Å². The molecular formula is C13H23N3S. The van der Waals surface area contributed by atoms with Gasteiger partial charge < -0.3 is 10.2 Å². The smallest absolute Gasteiger partial charge is 0.0943 e. The Bertz CT molecular complexity index is 323. The zero-order valence-corrected chi connectivity index (χ0v) is 11.8. The number of nitrogens with zero attached hydrogens (tertiary/aromatic N) is 2. The van der Waals surface area contributed by atoms with Crippen molar-refractivity contribution in [1.29, 1.82) is 0 Å². The van der Waals surface area contributed by atoms with E-state index in [1.165, 1.54) is 36.4 Å². The van der Waals surface area contributed by atoms with Crippen LogP contribution in [0, 0.1) is 0 Å². The number of rotatable bonds is 6. The van der Waals surface area contributed by atoms with Crippen LogP contribution in [0.1, 0.15) is 28.4 Å². The van der Waals surface area contributed by atoms with Gasteiger partial charge in [-0.25, -0.2) is 4.98 Å². The first-order chi connectivity index (χ1) is 8.25. The summed E-state index contributed by atoms with van der Waals surface area (Å²) in [5, 5.41) is 4.80. The summed E-state index contributed by atoms with van der Waals surface area (Å²) in [4.78, 5) is 8.51. The lowest BCUT2D eigenvalue weighted by molar-refractivity contribution is 0.401. The molecular weight excluding hydrogens is 230 g/mol. The summed E-state index contributed by atoms with van der Waals surface area (Å²) in [6.07, 6.45) is 6.25. The molecule has 0 spiro atoms. The van der Waals surface area contributed by atoms with Crippen molar-refractivity contribution in [2.75, 3.05) is 33.7 Å². The quantitative estimate of drug-likeness (QED) is 0.782. The van der Waals surface area contributed by atoms with Gasteiger partial charge in [0.2, 0.25) is 0 Å². The molecule has 0 saturated carbocycles. The highest BCUT2D eigenvalue weighted by Gasteiger charge is 2.14. The Labute approximate surface area is 108 Å². The van der Waals surface area contributed by atoms with E-state index in [9.17, 15) is 0 Å². The van der Waals surface area contributed by atoms with Crippen LogP contribution in [-0.4, -0.2) is 43.6 Å². The normalized spacial score (nSPS) is 15.2. The third-order valence-corrected chi connectivity index (χ3v) is 4.36. The maximum absolute atomic E-state index is 4.75. The van der Waals surface area contributed by atoms with Gasteiger partial charge in [0.05, 0.1) is 10.7 Å². The molecule has 0 saturated heterocycles. The maximum atomic E-state index is 4.75. The lowest BCUT2D eigenvalue weighted by Crippen LogP contribution is -2.27. The highest BCUT2D eigenvalue weighted by molar-refractivity contribution is 7.11. The second kappa shape index (κ2) is 6.47. The van der Waals surface area contributed by atoms with Gasteiger partial charge in [-0.1, -0.05) is 0 Å². The number of hydrogen-bond donors (Lipinski definition) is 1. The Balaban J connectivity index is 1.70. The van der Waals surface area contributed by atoms with Crippen LogP contribution in [0.25, 0.3) is 0 Å². The Morgan fingerprint density at radius 1 is 1.24 bits per heavy atom. The predicted octanol–water partition coefficient (Wildman–Crippen LogP) is 1.72. The number of nitrogens with one attached hydrogen (secondary N) is 1. The average Bonchev–Trinajstić information content (AvgIpc) is 2.70. The van der Waals surface area contributed by atoms with Crippen molar-refractivity contribution < 1.29 is 0 Å². The van der Waals surface area contributed by atoms with Gasteiger partial charge >= 0.3 is 0 Å². The van der Waals surface area contributed by atoms with Gasteiger partial charge in [-0.2, -0.15) is 0 Å². The zero-order chi connectivity index (χ0) is 12.1. The number of aryl methyl sites for hydroxylation is 2. The van der Waals surface area contributed by atoms with Crippen molar-refractivity contribution >= 4 is 11.3 Å². The molecule has 0 atom stereocenters. The summed E-state index contributed by atoms with van der Waals surface area (Å²) in [6, 6.07) is 0. The molecule has 1 N–H and O–H groups in total. The monoisotopic (exact) mass is 253 g/mol. The number of thiazole rings is 1. The van der Waals surface area contributed by atoms with Crippen molar-refractivity contribution in [3.8, 4) is 0 Å². The molecule has 0 aromatic carbocycles. The molecule has 1 aromatic heterocycles. The molecule has 0 fully saturated rings. The van der Waals surface area contributed by atoms with Gasteiger partial charge in [0.25, 0.3) is 0 Å². The molecule has 1 heterocycles. The molecule has 3 nitrogen and oxygen atoms in total. The number of aromatic nitrogens is 1. The highest BCUT2D eigenvalue weighted by Crippen LogP contribution is 2.26. The number of hydrogen-bond acceptors (Lipinski definition) is 4. The molecule has 0 unspecified atom stereocenters. The Morgan fingerprint density at radius 2 is 2.06 bits per heavy atom. The first-order valence-electron chi connectivity index (χ1n) is 6.58. The SMILES string of the molecule is CN(C)CCNCCc1nc2c(s1)CCCC2. The van der Waals surface area contributed by atoms with Gasteiger partial charge in [0.1, 0.15) is 0 Å². The lowest BCUT2D eigenvalue weighted by atomic mass is 10.0. The van der Waals surface area contributed by atoms with Crippen LogP contribution in [0.15, 0.2) is 0 Å². The van der Waals surface area contributed by atoms with E-state index in [1.54, 1.807) is 4.88 Å². The minimum Gasteiger partial charge on any atom is -0.315 e. The summed E-state index contributed by atoms with van der Waals surface area (Å²) in [7, 11) is 4.22. The molecule has 0 bridgehead atoms. The van der Waals surface area contributed by atoms with Crippen LogP contribution in [0.2, 0.25) is 0 Å². The predicted molar refractivity (Wildman–Crippen MR) is 73.9 cm³/mol. The summed E-state index contributed by atoms with van der Waals surface area (Å²) in [5.74, 6) is 0. The van der Waals surface area contributed by atoms with E-state index in [4.69, 9.17) is 4.98 Å². The molecule has 96 valence electrons. The molecule has 0 aliphatic heterocycles. The highest BCUT2D eigenvalue weighted by atomic mass is 32.1. The van der Waals surface area contributed by atoms with E-state index < -0.39 is 0 Å². The minimum absolute atomic E-state index is 1.06. The second-order valence-corrected chi connectivity index (χ2v) is 6.16. The van der Waals surface area contributed by atoms with Crippen LogP contribution < -0.4 is 5.32 Å². The summed E-state index contributed by atoms with van der Waals surface area (Å²) in [5.41, 5.74) is 1.39. The van der Waals surface area contributed by atoms with Crippen molar-refractivity contribution in [2.24, 2.45) is 0 Å². The van der Waals surface area contributed by atoms with E-state index in [2.05, 4.69) is 24.3 Å². The Kier molecular flexibility index (Phi) is 4.95. The van der Waals surface area contributed by atoms with Gasteiger partial charge in [0, 0.05) is 30.9 Å². The molecule has 0 amide bonds. The number of likely N-dealkylation sites (N-methyl/N-ethyl adjacent to an activating group) is 1. The molecule has 2 rings (SSSR count). The molecule has 1 aliphatic rings. The summed E-state index contributed by atoms with van der Waals surface area (Å²) >= 11 is 1.94. The first-order valence-corrected chi connectivity index (χ1v) is 7.40. The standard InChI is InChI=1S/C13H23N3S/c1-16(2)10-9-14-8-7-13-15-11-5-3-4-6-12(11)17-13/h14H,3-10H2,1-2H3. The van der Waals surface area contributed by atoms with E-state index in [-0.39, 0.29) is 0 Å². The third-order valence-electron chi connectivity index (χ3n) is 3.14. The summed E-state index contributed by atoms with van der Waals surface area (Å²) in [6.45, 7) is 3.23. The molecule has 17 heavy (non-hydrogen) atoms. The fourth-order valence-electron chi connectivity index (χ4n) is 2.14. The van der Waals surface area contributed by atoms with E-state index in [1.807, 2.05) is 11.3 Å². The largest absolute Gasteiger partial charge is 0.315 e. The maximum Gasteiger partial charge on any atom is 0.0943 e. The Hall–Kier alpha value is -0.450. The fraction of sp³-hybridized carbons (Fsp3) is 0.769. The topological polar surface area (TPSA) is 28.2 Å². The first kappa shape index (κ1) is 13.0. The second-order valence-electron chi connectivity index (χ2n) is 4.99. The van der Waals surface area contributed by atoms with Gasteiger partial charge in [0.15, 0.2) is 0 Å². The van der Waals surface area contributed by atoms with E-state index in [0.29, 0.717) is 0 Å². The van der Waals surface area contributed by atoms with Crippen LogP contribution >= 0.6 is 11.3 Å². The van der Waals surface area contributed by atoms with Crippen molar-refractivity contribution in [2.45, 2.75) is 32.1 Å². The average molecular weight is 253 g/mol.